The number of halogens is 4. The first-order valence-corrected chi connectivity index (χ1v) is 9.01. The topological polar surface area (TPSA) is 30.4 Å². The van der Waals surface area contributed by atoms with Crippen molar-refractivity contribution in [2.45, 2.75) is 18.2 Å². The Balaban J connectivity index is 1.80. The summed E-state index contributed by atoms with van der Waals surface area (Å²) in [5.74, 6) is -1.26. The first-order chi connectivity index (χ1) is 12.0. The average Bonchev–Trinajstić information content (AvgIpc) is 3.14. The smallest absolute Gasteiger partial charge is 0.171 e. The summed E-state index contributed by atoms with van der Waals surface area (Å²) in [7, 11) is 0. The highest BCUT2D eigenvalue weighted by Gasteiger charge is 2.60. The van der Waals surface area contributed by atoms with E-state index in [1.54, 1.807) is 18.5 Å². The second-order valence-electron chi connectivity index (χ2n) is 5.86. The molecule has 0 N–H and O–H groups in total. The van der Waals surface area contributed by atoms with Crippen LogP contribution in [0.4, 0.5) is 8.78 Å². The molecule has 0 radical (unpaired) electrons. The van der Waals surface area contributed by atoms with Crippen LogP contribution < -0.4 is 0 Å². The Labute approximate surface area is 161 Å². The molecule has 2 aromatic carbocycles. The lowest BCUT2D eigenvalue weighted by Gasteiger charge is -2.16. The molecular weight excluding hydrogens is 461 g/mol. The minimum atomic E-state index is -0.955. The van der Waals surface area contributed by atoms with Crippen molar-refractivity contribution in [1.82, 2.24) is 9.55 Å². The Morgan fingerprint density at radius 1 is 1.24 bits per heavy atom. The van der Waals surface area contributed by atoms with Crippen molar-refractivity contribution in [3.8, 4) is 0 Å². The maximum Gasteiger partial charge on any atom is 0.171 e. The molecule has 2 heterocycles. The molecule has 0 bridgehead atoms. The lowest BCUT2D eigenvalue weighted by molar-refractivity contribution is 0.262. The van der Waals surface area contributed by atoms with Crippen LogP contribution in [0.15, 0.2) is 54.9 Å². The van der Waals surface area contributed by atoms with Gasteiger partial charge in [0.05, 0.1) is 6.54 Å². The van der Waals surface area contributed by atoms with Gasteiger partial charge in [-0.05, 0) is 34.7 Å². The third kappa shape index (κ3) is 2.96. The Morgan fingerprint density at radius 3 is 2.72 bits per heavy atom. The molecule has 3 nitrogen and oxygen atoms in total. The number of hydrogen-bond donors (Lipinski definition) is 0. The summed E-state index contributed by atoms with van der Waals surface area (Å²) in [4.78, 5) is 4.19. The highest BCUT2D eigenvalue weighted by atomic mass is 127. The zero-order valence-electron chi connectivity index (χ0n) is 12.8. The predicted octanol–water partition coefficient (Wildman–Crippen LogP) is 5.09. The zero-order valence-corrected chi connectivity index (χ0v) is 15.7. The number of ether oxygens (including phenoxy) is 1. The molecule has 0 unspecified atom stereocenters. The Bertz CT molecular complexity index is 948. The van der Waals surface area contributed by atoms with E-state index in [0.29, 0.717) is 17.1 Å². The third-order valence-corrected chi connectivity index (χ3v) is 5.58. The van der Waals surface area contributed by atoms with Crippen LogP contribution in [0.5, 0.6) is 0 Å². The molecule has 1 fully saturated rings. The first kappa shape index (κ1) is 16.9. The van der Waals surface area contributed by atoms with Crippen molar-refractivity contribution in [1.29, 1.82) is 0 Å². The molecule has 0 aliphatic carbocycles. The second kappa shape index (κ2) is 6.34. The molecule has 25 heavy (non-hydrogen) atoms. The van der Waals surface area contributed by atoms with Crippen molar-refractivity contribution < 1.29 is 13.5 Å². The largest absolute Gasteiger partial charge is 0.354 e. The standard InChI is InChI=1S/C18H12ClF2IN2O/c19-14-4-2-1-3-12(14)16-18(25-16,10-24-8-7-23-17(24)22)13-6-5-11(20)9-15(13)21/h1-9,16H,10H2/t16-,18-/m0/s1. The molecule has 0 saturated carbocycles. The van der Waals surface area contributed by atoms with Crippen molar-refractivity contribution in [3.63, 3.8) is 0 Å². The summed E-state index contributed by atoms with van der Waals surface area (Å²) in [6, 6.07) is 10.9. The van der Waals surface area contributed by atoms with Crippen molar-refractivity contribution in [3.05, 3.63) is 86.5 Å². The van der Waals surface area contributed by atoms with Crippen LogP contribution >= 0.6 is 34.2 Å². The van der Waals surface area contributed by atoms with Gasteiger partial charge in [-0.25, -0.2) is 13.8 Å². The van der Waals surface area contributed by atoms with Crippen molar-refractivity contribution >= 4 is 34.2 Å². The van der Waals surface area contributed by atoms with E-state index in [0.717, 1.165) is 15.5 Å². The fraction of sp³-hybridized carbons (Fsp3) is 0.167. The van der Waals surface area contributed by atoms with Gasteiger partial charge in [-0.2, -0.15) is 0 Å². The molecule has 1 saturated heterocycles. The van der Waals surface area contributed by atoms with E-state index in [4.69, 9.17) is 16.3 Å². The van der Waals surface area contributed by atoms with Crippen LogP contribution in [0, 0.1) is 15.5 Å². The van der Waals surface area contributed by atoms with Gasteiger partial charge in [-0.15, -0.1) is 0 Å². The first-order valence-electron chi connectivity index (χ1n) is 7.56. The normalized spacial score (nSPS) is 22.2. The Kier molecular flexibility index (Phi) is 4.29. The molecule has 3 aromatic rings. The number of rotatable bonds is 4. The van der Waals surface area contributed by atoms with Crippen LogP contribution in [0.1, 0.15) is 17.2 Å². The number of aromatic nitrogens is 2. The molecule has 7 heteroatoms. The number of benzene rings is 2. The van der Waals surface area contributed by atoms with E-state index < -0.39 is 23.3 Å². The van der Waals surface area contributed by atoms with E-state index in [1.165, 1.54) is 12.1 Å². The van der Waals surface area contributed by atoms with Gasteiger partial charge in [-0.1, -0.05) is 35.9 Å². The molecular formula is C18H12ClF2IN2O. The lowest BCUT2D eigenvalue weighted by Crippen LogP contribution is -2.21. The SMILES string of the molecule is Fc1ccc([C@]2(Cn3ccnc3I)O[C@H]2c2ccccc2Cl)c(F)c1. The lowest BCUT2D eigenvalue weighted by atomic mass is 9.91. The van der Waals surface area contributed by atoms with Gasteiger partial charge < -0.3 is 9.30 Å². The van der Waals surface area contributed by atoms with Crippen LogP contribution in [-0.4, -0.2) is 9.55 Å². The fourth-order valence-electron chi connectivity index (χ4n) is 3.10. The predicted molar refractivity (Wildman–Crippen MR) is 98.3 cm³/mol. The Hall–Kier alpha value is -1.51. The molecule has 1 aliphatic rings. The number of epoxide rings is 1. The number of hydrogen-bond acceptors (Lipinski definition) is 2. The number of nitrogens with zero attached hydrogens (tertiary/aromatic N) is 2. The minimum Gasteiger partial charge on any atom is -0.354 e. The zero-order chi connectivity index (χ0) is 17.6. The van der Waals surface area contributed by atoms with Crippen LogP contribution in [0.3, 0.4) is 0 Å². The third-order valence-electron chi connectivity index (χ3n) is 4.34. The maximum absolute atomic E-state index is 14.5. The highest BCUT2D eigenvalue weighted by molar-refractivity contribution is 14.1. The molecule has 0 spiro atoms. The molecule has 2 atom stereocenters. The van der Waals surface area contributed by atoms with E-state index >= 15 is 0 Å². The number of imidazole rings is 1. The summed E-state index contributed by atoms with van der Waals surface area (Å²) >= 11 is 8.40. The summed E-state index contributed by atoms with van der Waals surface area (Å²) in [6.07, 6.45) is 3.05. The second-order valence-corrected chi connectivity index (χ2v) is 7.23. The summed E-state index contributed by atoms with van der Waals surface area (Å²) in [6.45, 7) is 0.351. The molecule has 1 aromatic heterocycles. The van der Waals surface area contributed by atoms with Gasteiger partial charge in [-0.3, -0.25) is 0 Å². The van der Waals surface area contributed by atoms with Gasteiger partial charge >= 0.3 is 0 Å². The van der Waals surface area contributed by atoms with E-state index in [2.05, 4.69) is 27.6 Å². The van der Waals surface area contributed by atoms with Gasteiger partial charge in [0, 0.05) is 34.6 Å². The monoisotopic (exact) mass is 472 g/mol. The van der Waals surface area contributed by atoms with Crippen LogP contribution in [0.25, 0.3) is 0 Å². The van der Waals surface area contributed by atoms with Crippen molar-refractivity contribution in [2.75, 3.05) is 0 Å². The van der Waals surface area contributed by atoms with Gasteiger partial charge in [0.1, 0.15) is 23.3 Å². The maximum atomic E-state index is 14.5. The Morgan fingerprint density at radius 2 is 2.04 bits per heavy atom. The quantitative estimate of drug-likeness (QED) is 0.391. The van der Waals surface area contributed by atoms with Crippen LogP contribution in [-0.2, 0) is 16.9 Å². The summed E-state index contributed by atoms with van der Waals surface area (Å²) < 4.78 is 36.5. The summed E-state index contributed by atoms with van der Waals surface area (Å²) in [5, 5.41) is 0.553. The minimum absolute atomic E-state index is 0.309. The molecule has 1 aliphatic heterocycles. The van der Waals surface area contributed by atoms with E-state index in [-0.39, 0.29) is 0 Å². The average molecular weight is 473 g/mol. The summed E-state index contributed by atoms with van der Waals surface area (Å²) in [5.41, 5.74) is 0.134. The van der Waals surface area contributed by atoms with E-state index in [9.17, 15) is 8.78 Å². The molecule has 128 valence electrons. The van der Waals surface area contributed by atoms with Crippen molar-refractivity contribution in [2.24, 2.45) is 0 Å². The fourth-order valence-corrected chi connectivity index (χ4v) is 3.83. The van der Waals surface area contributed by atoms with Gasteiger partial charge in [0.25, 0.3) is 0 Å². The van der Waals surface area contributed by atoms with Gasteiger partial charge in [0.2, 0.25) is 0 Å². The molecule has 4 rings (SSSR count). The van der Waals surface area contributed by atoms with Gasteiger partial charge in [0.15, 0.2) is 3.83 Å². The van der Waals surface area contributed by atoms with E-state index in [1.807, 2.05) is 22.8 Å². The van der Waals surface area contributed by atoms with Crippen LogP contribution in [0.2, 0.25) is 5.02 Å². The highest BCUT2D eigenvalue weighted by Crippen LogP contribution is 2.59. The molecule has 0 amide bonds.